The third kappa shape index (κ3) is 2.52. The van der Waals surface area contributed by atoms with E-state index in [1.165, 1.54) is 38.5 Å². The second kappa shape index (κ2) is 4.55. The fourth-order valence-corrected chi connectivity index (χ4v) is 5.22. The van der Waals surface area contributed by atoms with Crippen molar-refractivity contribution in [3.63, 3.8) is 0 Å². The van der Waals surface area contributed by atoms with Crippen LogP contribution in [0.1, 0.15) is 71.0 Å². The highest BCUT2D eigenvalue weighted by molar-refractivity contribution is 5.07. The molecule has 1 aromatic rings. The normalized spacial score (nSPS) is 38.1. The van der Waals surface area contributed by atoms with Gasteiger partial charge in [0.15, 0.2) is 5.82 Å². The van der Waals surface area contributed by atoms with Gasteiger partial charge in [-0.3, -0.25) is 0 Å². The topological polar surface area (TPSA) is 51.0 Å². The van der Waals surface area contributed by atoms with Crippen LogP contribution in [0.15, 0.2) is 4.52 Å². The number of aromatic nitrogens is 2. The Labute approximate surface area is 127 Å². The molecule has 0 aliphatic heterocycles. The standard InChI is InChI=1S/C17H27N3O/c1-16(2,3)15-19-14(20-21-15)10-18-17-7-11-4-12(8-17)6-13(5-11)9-17/h11-13,18H,4-10H2,1-3H3. The van der Waals surface area contributed by atoms with Crippen LogP contribution in [0.2, 0.25) is 0 Å². The molecule has 0 amide bonds. The molecule has 4 nitrogen and oxygen atoms in total. The van der Waals surface area contributed by atoms with Gasteiger partial charge < -0.3 is 9.84 Å². The van der Waals surface area contributed by atoms with Crippen LogP contribution in [0.25, 0.3) is 0 Å². The first-order valence-corrected chi connectivity index (χ1v) is 8.50. The smallest absolute Gasteiger partial charge is 0.232 e. The molecule has 0 saturated heterocycles. The van der Waals surface area contributed by atoms with Gasteiger partial charge in [0.05, 0.1) is 6.54 Å². The largest absolute Gasteiger partial charge is 0.339 e. The van der Waals surface area contributed by atoms with E-state index in [-0.39, 0.29) is 5.41 Å². The van der Waals surface area contributed by atoms with E-state index in [4.69, 9.17) is 4.52 Å². The molecule has 21 heavy (non-hydrogen) atoms. The summed E-state index contributed by atoms with van der Waals surface area (Å²) in [6, 6.07) is 0. The van der Waals surface area contributed by atoms with Crippen LogP contribution in [0.4, 0.5) is 0 Å². The van der Waals surface area contributed by atoms with Gasteiger partial charge >= 0.3 is 0 Å². The van der Waals surface area contributed by atoms with Gasteiger partial charge in [0.1, 0.15) is 0 Å². The molecule has 0 radical (unpaired) electrons. The van der Waals surface area contributed by atoms with E-state index < -0.39 is 0 Å². The Hall–Kier alpha value is -0.900. The molecular formula is C17H27N3O. The highest BCUT2D eigenvalue weighted by Crippen LogP contribution is 2.55. The maximum absolute atomic E-state index is 5.40. The van der Waals surface area contributed by atoms with Crippen molar-refractivity contribution in [3.05, 3.63) is 11.7 Å². The molecule has 116 valence electrons. The zero-order valence-corrected chi connectivity index (χ0v) is 13.5. The molecule has 4 fully saturated rings. The second-order valence-electron chi connectivity index (χ2n) is 8.82. The van der Waals surface area contributed by atoms with E-state index in [0.29, 0.717) is 5.54 Å². The molecule has 0 unspecified atom stereocenters. The van der Waals surface area contributed by atoms with Crippen LogP contribution in [-0.2, 0) is 12.0 Å². The number of nitrogens with one attached hydrogen (secondary N) is 1. The quantitative estimate of drug-likeness (QED) is 0.926. The monoisotopic (exact) mass is 289 g/mol. The van der Waals surface area contributed by atoms with Gasteiger partial charge in [-0.2, -0.15) is 4.98 Å². The fourth-order valence-electron chi connectivity index (χ4n) is 5.22. The van der Waals surface area contributed by atoms with E-state index in [9.17, 15) is 0 Å². The van der Waals surface area contributed by atoms with Crippen molar-refractivity contribution < 1.29 is 4.52 Å². The Morgan fingerprint density at radius 3 is 2.14 bits per heavy atom. The summed E-state index contributed by atoms with van der Waals surface area (Å²) in [5, 5.41) is 7.97. The highest BCUT2D eigenvalue weighted by atomic mass is 16.5. The lowest BCUT2D eigenvalue weighted by Gasteiger charge is -2.57. The highest BCUT2D eigenvalue weighted by Gasteiger charge is 2.50. The molecular weight excluding hydrogens is 262 g/mol. The van der Waals surface area contributed by atoms with Crippen molar-refractivity contribution in [1.29, 1.82) is 0 Å². The molecule has 0 spiro atoms. The molecule has 1 aromatic heterocycles. The van der Waals surface area contributed by atoms with E-state index in [1.54, 1.807) is 0 Å². The summed E-state index contributed by atoms with van der Waals surface area (Å²) < 4.78 is 5.40. The predicted molar refractivity (Wildman–Crippen MR) is 80.7 cm³/mol. The molecule has 4 saturated carbocycles. The average Bonchev–Trinajstić information content (AvgIpc) is 2.83. The summed E-state index contributed by atoms with van der Waals surface area (Å²) in [6.45, 7) is 7.08. The zero-order chi connectivity index (χ0) is 14.7. The van der Waals surface area contributed by atoms with E-state index in [0.717, 1.165) is 36.0 Å². The number of nitrogens with zero attached hydrogens (tertiary/aromatic N) is 2. The lowest BCUT2D eigenvalue weighted by atomic mass is 9.53. The third-order valence-electron chi connectivity index (χ3n) is 5.77. The summed E-state index contributed by atoms with van der Waals surface area (Å²) in [4.78, 5) is 4.56. The molecule has 1 heterocycles. The van der Waals surface area contributed by atoms with E-state index >= 15 is 0 Å². The number of rotatable bonds is 3. The fraction of sp³-hybridized carbons (Fsp3) is 0.882. The van der Waals surface area contributed by atoms with Crippen molar-refractivity contribution in [3.8, 4) is 0 Å². The van der Waals surface area contributed by atoms with Gasteiger partial charge in [-0.25, -0.2) is 0 Å². The molecule has 1 N–H and O–H groups in total. The Balaban J connectivity index is 1.44. The van der Waals surface area contributed by atoms with Gasteiger partial charge in [0.25, 0.3) is 0 Å². The minimum Gasteiger partial charge on any atom is -0.339 e. The van der Waals surface area contributed by atoms with Gasteiger partial charge in [-0.05, 0) is 56.3 Å². The van der Waals surface area contributed by atoms with Crippen LogP contribution in [-0.4, -0.2) is 15.7 Å². The van der Waals surface area contributed by atoms with Crippen molar-refractivity contribution in [1.82, 2.24) is 15.5 Å². The summed E-state index contributed by atoms with van der Waals surface area (Å²) in [5.74, 6) is 4.47. The van der Waals surface area contributed by atoms with Crippen molar-refractivity contribution in [2.75, 3.05) is 0 Å². The van der Waals surface area contributed by atoms with E-state index in [2.05, 4.69) is 36.2 Å². The Kier molecular flexibility index (Phi) is 2.97. The Morgan fingerprint density at radius 1 is 1.10 bits per heavy atom. The van der Waals surface area contributed by atoms with Gasteiger partial charge in [0.2, 0.25) is 5.89 Å². The summed E-state index contributed by atoms with van der Waals surface area (Å²) in [6.07, 6.45) is 8.54. The van der Waals surface area contributed by atoms with Crippen LogP contribution >= 0.6 is 0 Å². The first kappa shape index (κ1) is 13.7. The van der Waals surface area contributed by atoms with Crippen molar-refractivity contribution >= 4 is 0 Å². The molecule has 0 aromatic carbocycles. The van der Waals surface area contributed by atoms with E-state index in [1.807, 2.05) is 0 Å². The second-order valence-corrected chi connectivity index (χ2v) is 8.82. The molecule has 4 heteroatoms. The Morgan fingerprint density at radius 2 is 1.67 bits per heavy atom. The van der Waals surface area contributed by atoms with Gasteiger partial charge in [0, 0.05) is 11.0 Å². The first-order valence-electron chi connectivity index (χ1n) is 8.50. The van der Waals surface area contributed by atoms with Gasteiger partial charge in [-0.15, -0.1) is 0 Å². The SMILES string of the molecule is CC(C)(C)c1nc(CNC23CC4CC(CC(C4)C2)C3)no1. The molecule has 5 rings (SSSR count). The van der Waals surface area contributed by atoms with Crippen LogP contribution in [0.3, 0.4) is 0 Å². The predicted octanol–water partition coefficient (Wildman–Crippen LogP) is 3.43. The maximum Gasteiger partial charge on any atom is 0.232 e. The van der Waals surface area contributed by atoms with Crippen molar-refractivity contribution in [2.24, 2.45) is 17.8 Å². The molecule has 4 aliphatic carbocycles. The minimum atomic E-state index is -0.0636. The zero-order valence-electron chi connectivity index (χ0n) is 13.5. The van der Waals surface area contributed by atoms with Crippen molar-refractivity contribution in [2.45, 2.75) is 76.8 Å². The minimum absolute atomic E-state index is 0.0636. The molecule has 4 bridgehead atoms. The van der Waals surface area contributed by atoms with Crippen LogP contribution in [0, 0.1) is 17.8 Å². The van der Waals surface area contributed by atoms with Crippen LogP contribution in [0.5, 0.6) is 0 Å². The van der Waals surface area contributed by atoms with Gasteiger partial charge in [-0.1, -0.05) is 25.9 Å². The summed E-state index contributed by atoms with van der Waals surface area (Å²) in [7, 11) is 0. The maximum atomic E-state index is 5.40. The number of hydrogen-bond donors (Lipinski definition) is 1. The first-order chi connectivity index (χ1) is 9.92. The molecule has 0 atom stereocenters. The number of hydrogen-bond acceptors (Lipinski definition) is 4. The Bertz CT molecular complexity index is 493. The average molecular weight is 289 g/mol. The molecule has 4 aliphatic rings. The van der Waals surface area contributed by atoms with Crippen LogP contribution < -0.4 is 5.32 Å². The lowest BCUT2D eigenvalue weighted by Crippen LogP contribution is -2.58. The lowest BCUT2D eigenvalue weighted by molar-refractivity contribution is -0.0209. The third-order valence-corrected chi connectivity index (χ3v) is 5.77. The summed E-state index contributed by atoms with van der Waals surface area (Å²) in [5.41, 5.74) is 0.309. The summed E-state index contributed by atoms with van der Waals surface area (Å²) >= 11 is 0.